The predicted octanol–water partition coefficient (Wildman–Crippen LogP) is 1.62. The number of terminal acetylenes is 1. The third-order valence-corrected chi connectivity index (χ3v) is 1.00. The number of hydrogen-bond donors (Lipinski definition) is 1. The summed E-state index contributed by atoms with van der Waals surface area (Å²) >= 11 is 0. The second kappa shape index (κ2) is 3.41. The molecule has 0 unspecified atom stereocenters. The van der Waals surface area contributed by atoms with Crippen LogP contribution in [0.2, 0.25) is 0 Å². The van der Waals surface area contributed by atoms with E-state index in [2.05, 4.69) is 10.3 Å². The van der Waals surface area contributed by atoms with Crippen LogP contribution in [0.15, 0.2) is 30.3 Å². The molecule has 0 aliphatic rings. The van der Waals surface area contributed by atoms with Crippen molar-refractivity contribution in [2.24, 2.45) is 0 Å². The lowest BCUT2D eigenvalue weighted by Gasteiger charge is -1.98. The first-order valence-electron chi connectivity index (χ1n) is 2.86. The molecule has 0 saturated carbocycles. The van der Waals surface area contributed by atoms with Crippen molar-refractivity contribution in [3.63, 3.8) is 0 Å². The maximum atomic E-state index is 4.84. The maximum Gasteiger partial charge on any atom is 0.142 e. The Morgan fingerprint density at radius 2 is 2.00 bits per heavy atom. The summed E-state index contributed by atoms with van der Waals surface area (Å²) in [5.74, 6) is 0. The van der Waals surface area contributed by atoms with Crippen molar-refractivity contribution in [3.05, 3.63) is 30.3 Å². The molecular formula is C8H7NO. The smallest absolute Gasteiger partial charge is 0.142 e. The molecule has 0 heterocycles. The van der Waals surface area contributed by atoms with Gasteiger partial charge >= 0.3 is 0 Å². The predicted molar refractivity (Wildman–Crippen MR) is 40.0 cm³/mol. The Bertz CT molecular complexity index is 225. The van der Waals surface area contributed by atoms with Crippen molar-refractivity contribution in [3.8, 4) is 12.5 Å². The highest BCUT2D eigenvalue weighted by Gasteiger charge is 1.83. The van der Waals surface area contributed by atoms with Crippen molar-refractivity contribution in [1.29, 1.82) is 0 Å². The summed E-state index contributed by atoms with van der Waals surface area (Å²) < 4.78 is 0. The molecule has 0 saturated heterocycles. The molecule has 0 aliphatic heterocycles. The van der Waals surface area contributed by atoms with Gasteiger partial charge in [0.25, 0.3) is 0 Å². The van der Waals surface area contributed by atoms with E-state index >= 15 is 0 Å². The highest BCUT2D eigenvalue weighted by Crippen LogP contribution is 2.03. The normalized spacial score (nSPS) is 7.90. The van der Waals surface area contributed by atoms with Gasteiger partial charge in [-0.1, -0.05) is 24.6 Å². The first-order chi connectivity index (χ1) is 4.93. The van der Waals surface area contributed by atoms with Gasteiger partial charge in [-0.15, -0.1) is 0 Å². The van der Waals surface area contributed by atoms with Crippen LogP contribution in [0.4, 0.5) is 5.69 Å². The molecule has 1 N–H and O–H groups in total. The minimum atomic E-state index is 0.848. The van der Waals surface area contributed by atoms with Gasteiger partial charge in [0.2, 0.25) is 0 Å². The van der Waals surface area contributed by atoms with Gasteiger partial charge in [-0.25, -0.2) is 5.48 Å². The van der Waals surface area contributed by atoms with Crippen molar-refractivity contribution in [2.75, 3.05) is 5.48 Å². The molecule has 2 heteroatoms. The van der Waals surface area contributed by atoms with E-state index in [9.17, 15) is 0 Å². The molecule has 2 nitrogen and oxygen atoms in total. The van der Waals surface area contributed by atoms with E-state index in [-0.39, 0.29) is 0 Å². The lowest BCUT2D eigenvalue weighted by Crippen LogP contribution is -1.93. The van der Waals surface area contributed by atoms with Crippen LogP contribution in [0.5, 0.6) is 0 Å². The Hall–Kier alpha value is -1.62. The quantitative estimate of drug-likeness (QED) is 0.489. The van der Waals surface area contributed by atoms with Crippen LogP contribution in [0.25, 0.3) is 0 Å². The second-order valence-corrected chi connectivity index (χ2v) is 1.69. The standard InChI is InChI=1S/C8H7NO/c1-2-10-9-8-6-4-3-5-7-8/h1,3-7,9H. The van der Waals surface area contributed by atoms with Crippen molar-refractivity contribution in [2.45, 2.75) is 0 Å². The number of hydrogen-bond acceptors (Lipinski definition) is 2. The molecule has 0 aliphatic carbocycles. The number of para-hydroxylation sites is 1. The van der Waals surface area contributed by atoms with Crippen LogP contribution in [0.1, 0.15) is 0 Å². The SMILES string of the molecule is C#CONc1ccccc1. The molecule has 10 heavy (non-hydrogen) atoms. The monoisotopic (exact) mass is 133 g/mol. The van der Waals surface area contributed by atoms with Gasteiger partial charge in [-0.3, -0.25) is 0 Å². The zero-order valence-corrected chi connectivity index (χ0v) is 5.37. The van der Waals surface area contributed by atoms with Crippen LogP contribution in [0.3, 0.4) is 0 Å². The zero-order chi connectivity index (χ0) is 7.23. The molecular weight excluding hydrogens is 126 g/mol. The fourth-order valence-corrected chi connectivity index (χ4v) is 0.595. The molecule has 0 fully saturated rings. The third-order valence-electron chi connectivity index (χ3n) is 1.00. The van der Waals surface area contributed by atoms with Crippen LogP contribution < -0.4 is 5.48 Å². The van der Waals surface area contributed by atoms with Crippen LogP contribution >= 0.6 is 0 Å². The first-order valence-corrected chi connectivity index (χ1v) is 2.86. The average Bonchev–Trinajstić information content (AvgIpc) is 2.03. The van der Waals surface area contributed by atoms with E-state index in [0.717, 1.165) is 5.69 Å². The maximum absolute atomic E-state index is 4.84. The van der Waals surface area contributed by atoms with Crippen LogP contribution in [0, 0.1) is 12.5 Å². The van der Waals surface area contributed by atoms with E-state index in [1.54, 1.807) is 0 Å². The fourth-order valence-electron chi connectivity index (χ4n) is 0.595. The molecule has 1 aromatic rings. The van der Waals surface area contributed by atoms with E-state index in [0.29, 0.717) is 0 Å². The van der Waals surface area contributed by atoms with Crippen LogP contribution in [-0.4, -0.2) is 0 Å². The lowest BCUT2D eigenvalue weighted by molar-refractivity contribution is 0.364. The Morgan fingerprint density at radius 3 is 2.60 bits per heavy atom. The van der Waals surface area contributed by atoms with E-state index < -0.39 is 0 Å². The van der Waals surface area contributed by atoms with Gasteiger partial charge in [0.15, 0.2) is 0 Å². The summed E-state index contributed by atoms with van der Waals surface area (Å²) in [6.45, 7) is 0. The summed E-state index contributed by atoms with van der Waals surface area (Å²) in [6.07, 6.45) is 6.85. The zero-order valence-electron chi connectivity index (χ0n) is 5.37. The lowest BCUT2D eigenvalue weighted by atomic mass is 10.3. The summed E-state index contributed by atoms with van der Waals surface area (Å²) in [4.78, 5) is 4.50. The Balaban J connectivity index is 2.52. The van der Waals surface area contributed by atoms with Gasteiger partial charge in [-0.2, -0.15) is 0 Å². The van der Waals surface area contributed by atoms with Gasteiger partial charge < -0.3 is 4.84 Å². The minimum absolute atomic E-state index is 0.848. The summed E-state index contributed by atoms with van der Waals surface area (Å²) in [7, 11) is 0. The Morgan fingerprint density at radius 1 is 1.30 bits per heavy atom. The molecule has 1 aromatic carbocycles. The average molecular weight is 133 g/mol. The largest absolute Gasteiger partial charge is 0.329 e. The van der Waals surface area contributed by atoms with E-state index in [1.807, 2.05) is 36.4 Å². The molecule has 1 rings (SSSR count). The third kappa shape index (κ3) is 1.71. The van der Waals surface area contributed by atoms with Crippen molar-refractivity contribution < 1.29 is 4.84 Å². The van der Waals surface area contributed by atoms with Gasteiger partial charge in [0.1, 0.15) is 6.11 Å². The van der Waals surface area contributed by atoms with Gasteiger partial charge in [0.05, 0.1) is 5.69 Å². The van der Waals surface area contributed by atoms with Gasteiger partial charge in [-0.05, 0) is 12.1 Å². The molecule has 0 atom stereocenters. The number of anilines is 1. The molecule has 0 bridgehead atoms. The minimum Gasteiger partial charge on any atom is -0.329 e. The molecule has 50 valence electrons. The summed E-state index contributed by atoms with van der Waals surface area (Å²) in [6, 6.07) is 9.42. The van der Waals surface area contributed by atoms with E-state index in [1.165, 1.54) is 0 Å². The Kier molecular flexibility index (Phi) is 2.22. The highest BCUT2D eigenvalue weighted by atomic mass is 16.6. The molecule has 0 radical (unpaired) electrons. The molecule has 0 amide bonds. The summed E-state index contributed by atoms with van der Waals surface area (Å²) in [5, 5.41) is 0. The number of benzene rings is 1. The Labute approximate surface area is 59.8 Å². The van der Waals surface area contributed by atoms with E-state index in [4.69, 9.17) is 6.42 Å². The molecule has 0 spiro atoms. The second-order valence-electron chi connectivity index (χ2n) is 1.69. The van der Waals surface area contributed by atoms with Crippen molar-refractivity contribution in [1.82, 2.24) is 0 Å². The van der Waals surface area contributed by atoms with Gasteiger partial charge in [0, 0.05) is 0 Å². The summed E-state index contributed by atoms with van der Waals surface area (Å²) in [5.41, 5.74) is 3.41. The van der Waals surface area contributed by atoms with Crippen molar-refractivity contribution >= 4 is 5.69 Å². The number of rotatable bonds is 2. The topological polar surface area (TPSA) is 21.3 Å². The first kappa shape index (κ1) is 6.50. The van der Waals surface area contributed by atoms with Crippen LogP contribution in [-0.2, 0) is 4.84 Å². The molecule has 0 aromatic heterocycles. The number of nitrogens with one attached hydrogen (secondary N) is 1. The fraction of sp³-hybridized carbons (Fsp3) is 0. The highest BCUT2D eigenvalue weighted by molar-refractivity contribution is 5.40.